The molecule has 66 valence electrons. The number of aliphatic hydroxyl groups excluding tert-OH is 1. The molecule has 0 aromatic heterocycles. The summed E-state index contributed by atoms with van der Waals surface area (Å²) in [5.41, 5.74) is 0. The molecule has 11 heavy (non-hydrogen) atoms. The van der Waals surface area contributed by atoms with Crippen LogP contribution in [-0.4, -0.2) is 23.3 Å². The molecule has 1 N–H and O–H groups in total. The van der Waals surface area contributed by atoms with Crippen LogP contribution in [0.2, 0.25) is 0 Å². The Hall–Kier alpha value is -0.570. The molecule has 0 aliphatic heterocycles. The monoisotopic (exact) mass is 160 g/mol. The van der Waals surface area contributed by atoms with E-state index in [1.807, 2.05) is 6.92 Å². The van der Waals surface area contributed by atoms with E-state index in [9.17, 15) is 4.79 Å². The van der Waals surface area contributed by atoms with E-state index in [0.29, 0.717) is 6.42 Å². The van der Waals surface area contributed by atoms with Gasteiger partial charge in [-0.2, -0.15) is 0 Å². The minimum atomic E-state index is -0.312. The Morgan fingerprint density at radius 1 is 1.45 bits per heavy atom. The largest absolute Gasteiger partial charge is 0.463 e. The standard InChI is InChI=1S/C8H16O3/c1-6(9)4-5-7(2)11-8(3)10/h6-7,9H,4-5H2,1-3H3/t6-,7+/m0/s1. The van der Waals surface area contributed by atoms with E-state index in [4.69, 9.17) is 9.84 Å². The highest BCUT2D eigenvalue weighted by atomic mass is 16.5. The number of esters is 1. The fourth-order valence-electron chi connectivity index (χ4n) is 0.818. The molecular weight excluding hydrogens is 144 g/mol. The number of carbonyl (C=O) groups excluding carboxylic acids is 1. The van der Waals surface area contributed by atoms with Crippen molar-refractivity contribution in [3.63, 3.8) is 0 Å². The Kier molecular flexibility index (Phi) is 4.86. The third-order valence-corrected chi connectivity index (χ3v) is 1.36. The van der Waals surface area contributed by atoms with Gasteiger partial charge in [-0.3, -0.25) is 4.79 Å². The molecule has 0 bridgehead atoms. The van der Waals surface area contributed by atoms with Gasteiger partial charge >= 0.3 is 5.97 Å². The summed E-state index contributed by atoms with van der Waals surface area (Å²) < 4.78 is 4.85. The molecule has 2 atom stereocenters. The van der Waals surface area contributed by atoms with Gasteiger partial charge in [0.25, 0.3) is 0 Å². The summed E-state index contributed by atoms with van der Waals surface area (Å²) in [6.07, 6.45) is 1.00. The predicted octanol–water partition coefficient (Wildman–Crippen LogP) is 1.10. The van der Waals surface area contributed by atoms with Crippen molar-refractivity contribution in [3.8, 4) is 0 Å². The average molecular weight is 160 g/mol. The highest BCUT2D eigenvalue weighted by Crippen LogP contribution is 2.04. The summed E-state index contributed by atoms with van der Waals surface area (Å²) in [5.74, 6) is -0.261. The van der Waals surface area contributed by atoms with Crippen LogP contribution in [0.3, 0.4) is 0 Å². The maximum Gasteiger partial charge on any atom is 0.302 e. The third-order valence-electron chi connectivity index (χ3n) is 1.36. The molecule has 0 saturated carbocycles. The van der Waals surface area contributed by atoms with Crippen LogP contribution in [-0.2, 0) is 9.53 Å². The first-order valence-corrected chi connectivity index (χ1v) is 3.87. The summed E-state index contributed by atoms with van der Waals surface area (Å²) in [6, 6.07) is 0. The van der Waals surface area contributed by atoms with E-state index in [1.54, 1.807) is 6.92 Å². The first-order chi connectivity index (χ1) is 5.02. The zero-order valence-corrected chi connectivity index (χ0v) is 7.33. The van der Waals surface area contributed by atoms with Gasteiger partial charge in [0, 0.05) is 6.92 Å². The van der Waals surface area contributed by atoms with E-state index in [2.05, 4.69) is 0 Å². The molecule has 0 amide bonds. The zero-order chi connectivity index (χ0) is 8.85. The highest BCUT2D eigenvalue weighted by molar-refractivity contribution is 5.66. The van der Waals surface area contributed by atoms with Gasteiger partial charge < -0.3 is 9.84 Å². The Balaban J connectivity index is 3.37. The number of rotatable bonds is 4. The number of ether oxygens (including phenoxy) is 1. The van der Waals surface area contributed by atoms with Gasteiger partial charge in [-0.25, -0.2) is 0 Å². The van der Waals surface area contributed by atoms with Gasteiger partial charge in [0.2, 0.25) is 0 Å². The molecule has 0 fully saturated rings. The lowest BCUT2D eigenvalue weighted by Gasteiger charge is -2.12. The minimum absolute atomic E-state index is 0.0814. The number of hydrogen-bond acceptors (Lipinski definition) is 3. The highest BCUT2D eigenvalue weighted by Gasteiger charge is 2.06. The molecule has 0 radical (unpaired) electrons. The minimum Gasteiger partial charge on any atom is -0.463 e. The van der Waals surface area contributed by atoms with Crippen LogP contribution >= 0.6 is 0 Å². The smallest absolute Gasteiger partial charge is 0.302 e. The first-order valence-electron chi connectivity index (χ1n) is 3.87. The second-order valence-corrected chi connectivity index (χ2v) is 2.85. The fourth-order valence-corrected chi connectivity index (χ4v) is 0.818. The van der Waals surface area contributed by atoms with Gasteiger partial charge in [-0.15, -0.1) is 0 Å². The van der Waals surface area contributed by atoms with Crippen molar-refractivity contribution >= 4 is 5.97 Å². The molecule has 0 aromatic rings. The van der Waals surface area contributed by atoms with Crippen molar-refractivity contribution in [2.24, 2.45) is 0 Å². The molecule has 0 saturated heterocycles. The summed E-state index contributed by atoms with van der Waals surface area (Å²) >= 11 is 0. The van der Waals surface area contributed by atoms with Crippen LogP contribution in [0.15, 0.2) is 0 Å². The van der Waals surface area contributed by atoms with Gasteiger partial charge in [-0.1, -0.05) is 0 Å². The molecule has 3 nitrogen and oxygen atoms in total. The van der Waals surface area contributed by atoms with Crippen molar-refractivity contribution < 1.29 is 14.6 Å². The number of carbonyl (C=O) groups is 1. The van der Waals surface area contributed by atoms with Crippen LogP contribution in [0, 0.1) is 0 Å². The molecule has 0 aliphatic rings. The molecule has 0 rings (SSSR count). The average Bonchev–Trinajstić information content (AvgIpc) is 1.82. The van der Waals surface area contributed by atoms with Crippen LogP contribution in [0.1, 0.15) is 33.6 Å². The third kappa shape index (κ3) is 7.33. The SMILES string of the molecule is CC(=O)O[C@H](C)CC[C@H](C)O. The van der Waals surface area contributed by atoms with Crippen LogP contribution in [0.4, 0.5) is 0 Å². The number of aliphatic hydroxyl groups is 1. The normalized spacial score (nSPS) is 15.6. The second kappa shape index (κ2) is 5.13. The van der Waals surface area contributed by atoms with Gasteiger partial charge in [0.1, 0.15) is 0 Å². The second-order valence-electron chi connectivity index (χ2n) is 2.85. The molecule has 0 aliphatic carbocycles. The number of hydrogen-bond donors (Lipinski definition) is 1. The molecule has 0 aromatic carbocycles. The predicted molar refractivity (Wildman–Crippen MR) is 42.1 cm³/mol. The van der Waals surface area contributed by atoms with E-state index in [0.717, 1.165) is 6.42 Å². The lowest BCUT2D eigenvalue weighted by molar-refractivity contribution is -0.145. The molecule has 0 heterocycles. The van der Waals surface area contributed by atoms with Gasteiger partial charge in [0.15, 0.2) is 0 Å². The van der Waals surface area contributed by atoms with Crippen LogP contribution in [0.25, 0.3) is 0 Å². The summed E-state index contributed by atoms with van der Waals surface area (Å²) in [5, 5.41) is 8.89. The van der Waals surface area contributed by atoms with Crippen molar-refractivity contribution in [2.45, 2.75) is 45.8 Å². The zero-order valence-electron chi connectivity index (χ0n) is 7.33. The van der Waals surface area contributed by atoms with E-state index < -0.39 is 0 Å². The van der Waals surface area contributed by atoms with Crippen molar-refractivity contribution in [2.75, 3.05) is 0 Å². The van der Waals surface area contributed by atoms with Crippen molar-refractivity contribution in [3.05, 3.63) is 0 Å². The topological polar surface area (TPSA) is 46.5 Å². The molecule has 0 spiro atoms. The fraction of sp³-hybridized carbons (Fsp3) is 0.875. The van der Waals surface area contributed by atoms with E-state index in [1.165, 1.54) is 6.92 Å². The Morgan fingerprint density at radius 2 is 2.00 bits per heavy atom. The van der Waals surface area contributed by atoms with Crippen molar-refractivity contribution in [1.82, 2.24) is 0 Å². The van der Waals surface area contributed by atoms with Crippen molar-refractivity contribution in [1.29, 1.82) is 0 Å². The van der Waals surface area contributed by atoms with Crippen LogP contribution in [0.5, 0.6) is 0 Å². The lowest BCUT2D eigenvalue weighted by Crippen LogP contribution is -2.14. The Morgan fingerprint density at radius 3 is 2.36 bits per heavy atom. The summed E-state index contributed by atoms with van der Waals surface area (Å²) in [6.45, 7) is 4.93. The summed E-state index contributed by atoms with van der Waals surface area (Å²) in [4.78, 5) is 10.4. The van der Waals surface area contributed by atoms with E-state index in [-0.39, 0.29) is 18.2 Å². The Labute approximate surface area is 67.4 Å². The lowest BCUT2D eigenvalue weighted by atomic mass is 10.1. The van der Waals surface area contributed by atoms with Gasteiger partial charge in [0.05, 0.1) is 12.2 Å². The quantitative estimate of drug-likeness (QED) is 0.626. The maximum atomic E-state index is 10.4. The maximum absolute atomic E-state index is 10.4. The van der Waals surface area contributed by atoms with Crippen LogP contribution < -0.4 is 0 Å². The summed E-state index contributed by atoms with van der Waals surface area (Å²) in [7, 11) is 0. The molecular formula is C8H16O3. The van der Waals surface area contributed by atoms with E-state index >= 15 is 0 Å². The van der Waals surface area contributed by atoms with Gasteiger partial charge in [-0.05, 0) is 26.7 Å². The molecule has 0 unspecified atom stereocenters. The Bertz CT molecular complexity index is 121. The molecule has 3 heteroatoms. The first kappa shape index (κ1) is 10.4.